The first kappa shape index (κ1) is 37.4. The van der Waals surface area contributed by atoms with E-state index in [1.165, 1.54) is 0 Å². The van der Waals surface area contributed by atoms with Crippen LogP contribution in [0.25, 0.3) is 28.0 Å². The zero-order valence-electron chi connectivity index (χ0n) is 32.4. The van der Waals surface area contributed by atoms with Crippen molar-refractivity contribution in [1.82, 2.24) is 24.8 Å². The Labute approximate surface area is 339 Å². The van der Waals surface area contributed by atoms with Crippen LogP contribution in [0, 0.1) is 24.7 Å². The van der Waals surface area contributed by atoms with Gasteiger partial charge in [0.05, 0.1) is 47.0 Å². The van der Waals surface area contributed by atoms with E-state index in [1.807, 2.05) is 72.2 Å². The summed E-state index contributed by atoms with van der Waals surface area (Å²) in [5.41, 5.74) is 7.84. The van der Waals surface area contributed by atoms with Gasteiger partial charge in [-0.2, -0.15) is 0 Å². The average Bonchev–Trinajstić information content (AvgIpc) is 3.70. The summed E-state index contributed by atoms with van der Waals surface area (Å²) in [6.45, 7) is 5.22. The number of ether oxygens (including phenoxy) is 2. The molecule has 0 bridgehead atoms. The van der Waals surface area contributed by atoms with Crippen LogP contribution >= 0.6 is 0 Å². The number of fused-ring (bicyclic) bond motifs is 6. The lowest BCUT2D eigenvalue weighted by Crippen LogP contribution is -2.33. The van der Waals surface area contributed by atoms with E-state index in [0.29, 0.717) is 50.3 Å². The van der Waals surface area contributed by atoms with Crippen LogP contribution in [-0.4, -0.2) is 50.6 Å². The minimum Gasteiger partial charge on any atom is -0.463 e. The van der Waals surface area contributed by atoms with Gasteiger partial charge in [-0.3, -0.25) is 14.5 Å². The monoisotopic (exact) mass is 785 g/mol. The number of carbonyl (C=O) groups is 2. The Hall–Kier alpha value is -7.19. The van der Waals surface area contributed by atoms with E-state index in [2.05, 4.69) is 32.1 Å². The molecule has 3 aromatic heterocycles. The van der Waals surface area contributed by atoms with Crippen molar-refractivity contribution in [1.29, 1.82) is 0 Å². The van der Waals surface area contributed by atoms with Crippen molar-refractivity contribution in [3.05, 3.63) is 178 Å². The number of allylic oxidation sites excluding steroid dienone is 2. The zero-order valence-corrected chi connectivity index (χ0v) is 32.4. The van der Waals surface area contributed by atoms with E-state index in [0.717, 1.165) is 22.5 Å². The lowest BCUT2D eigenvalue weighted by atomic mass is 9.80. The van der Waals surface area contributed by atoms with Crippen molar-refractivity contribution >= 4 is 34.2 Å². The van der Waals surface area contributed by atoms with Gasteiger partial charge in [0.15, 0.2) is 6.61 Å². The number of alkyl halides is 2. The molecule has 0 radical (unpaired) electrons. The van der Waals surface area contributed by atoms with Crippen LogP contribution in [-0.2, 0) is 19.1 Å². The van der Waals surface area contributed by atoms with Gasteiger partial charge in [0, 0.05) is 41.5 Å². The number of carbonyl (C=O) groups excluding carboxylic acids is 2. The first-order valence-electron chi connectivity index (χ1n) is 19.3. The summed E-state index contributed by atoms with van der Waals surface area (Å²) in [5.74, 6) is -0.737. The summed E-state index contributed by atoms with van der Waals surface area (Å²) < 4.78 is 44.8. The molecule has 3 unspecified atom stereocenters. The summed E-state index contributed by atoms with van der Waals surface area (Å²) >= 11 is 0. The summed E-state index contributed by atoms with van der Waals surface area (Å²) in [4.78, 5) is 41.7. The second-order valence-electron chi connectivity index (χ2n) is 14.6. The van der Waals surface area contributed by atoms with Crippen molar-refractivity contribution in [2.45, 2.75) is 38.5 Å². The fourth-order valence-corrected chi connectivity index (χ4v) is 8.50. The lowest BCUT2D eigenvalue weighted by Gasteiger charge is -2.31. The van der Waals surface area contributed by atoms with Crippen LogP contribution in [0.4, 0.5) is 8.78 Å². The number of benzene rings is 3. The van der Waals surface area contributed by atoms with Gasteiger partial charge in [-0.15, -0.1) is 0 Å². The van der Waals surface area contributed by atoms with E-state index in [4.69, 9.17) is 9.47 Å². The topological polar surface area (TPSA) is 108 Å². The molecule has 3 aliphatic rings. The third-order valence-corrected chi connectivity index (χ3v) is 11.1. The van der Waals surface area contributed by atoms with E-state index < -0.39 is 35.6 Å². The fraction of sp³-hybridized carbons (Fsp3) is 0.188. The fourth-order valence-electron chi connectivity index (χ4n) is 8.50. The smallest absolute Gasteiger partial charge is 0.337 e. The highest BCUT2D eigenvalue weighted by atomic mass is 19.3. The first-order chi connectivity index (χ1) is 28.7. The van der Waals surface area contributed by atoms with Gasteiger partial charge in [-0.25, -0.2) is 23.4 Å². The van der Waals surface area contributed by atoms with Crippen molar-refractivity contribution < 1.29 is 27.8 Å². The third kappa shape index (κ3) is 6.56. The highest BCUT2D eigenvalue weighted by molar-refractivity contribution is 6.05. The van der Waals surface area contributed by atoms with Gasteiger partial charge in [0.1, 0.15) is 11.3 Å². The number of imidazole rings is 1. The van der Waals surface area contributed by atoms with Gasteiger partial charge < -0.3 is 14.8 Å². The van der Waals surface area contributed by atoms with Gasteiger partial charge in [-0.05, 0) is 84.5 Å². The molecule has 59 heavy (non-hydrogen) atoms. The molecule has 0 amide bonds. The van der Waals surface area contributed by atoms with E-state index in [1.54, 1.807) is 75.0 Å². The second-order valence-corrected chi connectivity index (χ2v) is 14.6. The number of nitrogens with one attached hydrogen (secondary N) is 1. The molecular weight excluding hydrogens is 749 g/mol. The van der Waals surface area contributed by atoms with Crippen LogP contribution in [0.15, 0.2) is 139 Å². The van der Waals surface area contributed by atoms with Gasteiger partial charge >= 0.3 is 11.9 Å². The number of aryl methyl sites for hydroxylation is 1. The van der Waals surface area contributed by atoms with Crippen molar-refractivity contribution in [3.8, 4) is 17.5 Å². The Balaban J connectivity index is 1.21. The quantitative estimate of drug-likeness (QED) is 0.127. The van der Waals surface area contributed by atoms with Gasteiger partial charge in [-0.1, -0.05) is 78.6 Å². The highest BCUT2D eigenvalue weighted by Gasteiger charge is 2.70. The molecular formula is C48H37F2N5O4. The zero-order chi connectivity index (χ0) is 40.8. The Kier molecular flexibility index (Phi) is 9.48. The predicted molar refractivity (Wildman–Crippen MR) is 219 cm³/mol. The van der Waals surface area contributed by atoms with Crippen molar-refractivity contribution in [3.63, 3.8) is 0 Å². The number of dihydropyridines is 1. The number of halogens is 2. The molecule has 2 aliphatic carbocycles. The summed E-state index contributed by atoms with van der Waals surface area (Å²) in [6, 6.07) is 27.4. The largest absolute Gasteiger partial charge is 0.463 e. The minimum absolute atomic E-state index is 0.0657. The number of nitrogens with zero attached hydrogens (tertiary/aromatic N) is 4. The minimum atomic E-state index is -2.93. The molecule has 0 saturated heterocycles. The molecule has 4 heterocycles. The van der Waals surface area contributed by atoms with E-state index in [-0.39, 0.29) is 24.4 Å². The maximum Gasteiger partial charge on any atom is 0.337 e. The molecule has 1 aliphatic heterocycles. The number of pyridine rings is 2. The number of rotatable bonds is 7. The average molecular weight is 786 g/mol. The Bertz CT molecular complexity index is 2770. The molecule has 3 aromatic carbocycles. The maximum atomic E-state index is 15.6. The highest BCUT2D eigenvalue weighted by Crippen LogP contribution is 2.70. The van der Waals surface area contributed by atoms with Crippen LogP contribution in [0.2, 0.25) is 0 Å². The SMILES string of the molecule is CCOC(=O)C1=C(c2ccc(-n3c(C)nc4cnccc43)cc2)NC(C)=C(C(=O)OCC#Cc2cccnc2)C1C=C1c2ccccc2C2C(c3ccccc31)C2(F)F. The Morgan fingerprint density at radius 3 is 2.19 bits per heavy atom. The predicted octanol–water partition coefficient (Wildman–Crippen LogP) is 8.45. The summed E-state index contributed by atoms with van der Waals surface area (Å²) in [7, 11) is 0. The van der Waals surface area contributed by atoms with Crippen LogP contribution in [0.1, 0.15) is 64.9 Å². The summed E-state index contributed by atoms with van der Waals surface area (Å²) in [6.07, 6.45) is 8.52. The molecule has 3 atom stereocenters. The number of esters is 2. The second kappa shape index (κ2) is 15.0. The van der Waals surface area contributed by atoms with Crippen LogP contribution in [0.5, 0.6) is 0 Å². The molecule has 1 saturated carbocycles. The van der Waals surface area contributed by atoms with Crippen LogP contribution < -0.4 is 5.32 Å². The van der Waals surface area contributed by atoms with Crippen LogP contribution in [0.3, 0.4) is 0 Å². The molecule has 9 nitrogen and oxygen atoms in total. The molecule has 1 fully saturated rings. The number of hydrogen-bond donors (Lipinski definition) is 1. The Morgan fingerprint density at radius 1 is 0.831 bits per heavy atom. The van der Waals surface area contributed by atoms with Crippen molar-refractivity contribution in [2.24, 2.45) is 5.92 Å². The first-order valence-corrected chi connectivity index (χ1v) is 19.3. The standard InChI is InChI=1S/C48H37F2N5O4/c1-4-58-47(57)42-38(25-37-33-13-5-7-15-35(33)43-44(48(43,49)50)36-16-8-6-14-34(36)37)41(46(56)59-24-10-12-30-11-9-22-51-26-30)28(2)53-45(42)31-17-19-32(20-18-31)55-29(3)54-39-27-52-23-21-40(39)55/h5-9,11,13-23,25-27,38,43-44,53H,4,24H2,1-3H3. The molecule has 11 heteroatoms. The molecule has 9 rings (SSSR count). The summed E-state index contributed by atoms with van der Waals surface area (Å²) in [5, 5.41) is 3.36. The van der Waals surface area contributed by atoms with Gasteiger partial charge in [0.25, 0.3) is 5.92 Å². The number of aromatic nitrogens is 4. The molecule has 1 N–H and O–H groups in total. The maximum absolute atomic E-state index is 15.6. The Morgan fingerprint density at radius 2 is 1.51 bits per heavy atom. The van der Waals surface area contributed by atoms with E-state index >= 15 is 8.78 Å². The van der Waals surface area contributed by atoms with Crippen molar-refractivity contribution in [2.75, 3.05) is 13.2 Å². The van der Waals surface area contributed by atoms with E-state index in [9.17, 15) is 9.59 Å². The normalized spacial score (nSPS) is 18.7. The molecule has 6 aromatic rings. The molecule has 0 spiro atoms. The third-order valence-electron chi connectivity index (χ3n) is 11.1. The number of hydrogen-bond acceptors (Lipinski definition) is 8. The lowest BCUT2D eigenvalue weighted by molar-refractivity contribution is -0.139. The molecule has 292 valence electrons. The van der Waals surface area contributed by atoms with Gasteiger partial charge in [0.2, 0.25) is 0 Å².